The number of amides is 3. The maximum absolute atomic E-state index is 12.5. The number of thioether (sulfide) groups is 1. The number of hydrogen-bond acceptors (Lipinski definition) is 7. The lowest BCUT2D eigenvalue weighted by Crippen LogP contribution is -2.57. The van der Waals surface area contributed by atoms with E-state index in [1.807, 2.05) is 6.26 Å². The molecule has 0 saturated heterocycles. The molecule has 4 unspecified atom stereocenters. The molecular weight excluding hydrogens is 404 g/mol. The highest BCUT2D eigenvalue weighted by Gasteiger charge is 2.30. The molecule has 0 saturated carbocycles. The Labute approximate surface area is 173 Å². The number of nitrogens with two attached hydrogens (primary N) is 1. The van der Waals surface area contributed by atoms with E-state index in [1.165, 1.54) is 18.7 Å². The second-order valence-corrected chi connectivity index (χ2v) is 7.83. The zero-order valence-corrected chi connectivity index (χ0v) is 17.7. The zero-order chi connectivity index (χ0) is 22.7. The number of carbonyl (C=O) groups is 5. The fourth-order valence-corrected chi connectivity index (χ4v) is 2.70. The molecule has 0 aromatic carbocycles. The van der Waals surface area contributed by atoms with Gasteiger partial charge in [-0.05, 0) is 31.3 Å². The number of rotatable bonds is 13. The van der Waals surface area contributed by atoms with Crippen LogP contribution in [0.4, 0.5) is 0 Å². The SMILES string of the molecule is CSCCC(N)C(=O)NC(C(=O)NC(C)C(=O)NC(CC(=O)O)C(=O)O)C(C)C. The van der Waals surface area contributed by atoms with Crippen molar-refractivity contribution in [2.45, 2.75) is 57.8 Å². The van der Waals surface area contributed by atoms with Crippen LogP contribution >= 0.6 is 11.8 Å². The van der Waals surface area contributed by atoms with Crippen molar-refractivity contribution in [2.24, 2.45) is 11.7 Å². The molecule has 0 bridgehead atoms. The Bertz CT molecular complexity index is 615. The molecule has 0 heterocycles. The maximum atomic E-state index is 12.5. The molecule has 11 nitrogen and oxygen atoms in total. The van der Waals surface area contributed by atoms with Gasteiger partial charge in [0.1, 0.15) is 18.1 Å². The molecule has 7 N–H and O–H groups in total. The summed E-state index contributed by atoms with van der Waals surface area (Å²) in [5.74, 6) is -4.51. The number of carboxylic acid groups (broad SMARTS) is 2. The highest BCUT2D eigenvalue weighted by molar-refractivity contribution is 7.98. The normalized spacial score (nSPS) is 15.0. The average molecular weight is 435 g/mol. The van der Waals surface area contributed by atoms with Gasteiger partial charge in [0.25, 0.3) is 0 Å². The number of hydrogen-bond donors (Lipinski definition) is 6. The summed E-state index contributed by atoms with van der Waals surface area (Å²) in [4.78, 5) is 58.6. The minimum Gasteiger partial charge on any atom is -0.481 e. The first-order valence-electron chi connectivity index (χ1n) is 9.00. The first-order chi connectivity index (χ1) is 13.4. The van der Waals surface area contributed by atoms with Crippen LogP contribution in [0.1, 0.15) is 33.6 Å². The predicted molar refractivity (Wildman–Crippen MR) is 107 cm³/mol. The van der Waals surface area contributed by atoms with Crippen LogP contribution in [0.2, 0.25) is 0 Å². The average Bonchev–Trinajstić information content (AvgIpc) is 2.62. The van der Waals surface area contributed by atoms with E-state index in [2.05, 4.69) is 16.0 Å². The van der Waals surface area contributed by atoms with Crippen LogP contribution in [0.5, 0.6) is 0 Å². The smallest absolute Gasteiger partial charge is 0.326 e. The molecule has 4 atom stereocenters. The lowest BCUT2D eigenvalue weighted by molar-refractivity contribution is -0.147. The van der Waals surface area contributed by atoms with Gasteiger partial charge in [0.05, 0.1) is 12.5 Å². The first-order valence-corrected chi connectivity index (χ1v) is 10.4. The molecule has 0 aromatic heterocycles. The summed E-state index contributed by atoms with van der Waals surface area (Å²) in [7, 11) is 0. The Morgan fingerprint density at radius 2 is 1.52 bits per heavy atom. The van der Waals surface area contributed by atoms with Gasteiger partial charge in [-0.1, -0.05) is 13.8 Å². The minimum atomic E-state index is -1.63. The van der Waals surface area contributed by atoms with Gasteiger partial charge in [-0.25, -0.2) is 4.79 Å². The van der Waals surface area contributed by atoms with Crippen LogP contribution in [-0.2, 0) is 24.0 Å². The molecule has 0 aromatic rings. The van der Waals surface area contributed by atoms with E-state index in [-0.39, 0.29) is 5.92 Å². The number of nitrogens with one attached hydrogen (secondary N) is 3. The lowest BCUT2D eigenvalue weighted by Gasteiger charge is -2.25. The van der Waals surface area contributed by atoms with Gasteiger partial charge >= 0.3 is 11.9 Å². The molecule has 0 aliphatic heterocycles. The summed E-state index contributed by atoms with van der Waals surface area (Å²) < 4.78 is 0. The summed E-state index contributed by atoms with van der Waals surface area (Å²) in [6.45, 7) is 4.72. The van der Waals surface area contributed by atoms with Crippen molar-refractivity contribution in [2.75, 3.05) is 12.0 Å². The van der Waals surface area contributed by atoms with E-state index < -0.39 is 60.2 Å². The van der Waals surface area contributed by atoms with Crippen molar-refractivity contribution >= 4 is 41.4 Å². The second kappa shape index (κ2) is 13.0. The molecule has 3 amide bonds. The predicted octanol–water partition coefficient (Wildman–Crippen LogP) is -1.24. The molecular formula is C17H30N4O7S. The Morgan fingerprint density at radius 3 is 1.97 bits per heavy atom. The summed E-state index contributed by atoms with van der Waals surface area (Å²) in [5, 5.41) is 24.7. The van der Waals surface area contributed by atoms with E-state index in [9.17, 15) is 24.0 Å². The fraction of sp³-hybridized carbons (Fsp3) is 0.706. The van der Waals surface area contributed by atoms with Crippen molar-refractivity contribution in [3.8, 4) is 0 Å². The van der Waals surface area contributed by atoms with Crippen LogP contribution in [-0.4, -0.2) is 76.0 Å². The Kier molecular flexibility index (Phi) is 11.9. The van der Waals surface area contributed by atoms with Crippen molar-refractivity contribution in [3.63, 3.8) is 0 Å². The molecule has 0 rings (SSSR count). The summed E-state index contributed by atoms with van der Waals surface area (Å²) >= 11 is 1.54. The molecule has 166 valence electrons. The number of carboxylic acids is 2. The molecule has 0 spiro atoms. The standard InChI is InChI=1S/C17H30N4O7S/c1-8(2)13(21-15(25)10(18)5-6-29-4)16(26)19-9(3)14(24)20-11(17(27)28)7-12(22)23/h8-11,13H,5-7,18H2,1-4H3,(H,19,26)(H,20,24)(H,21,25)(H,22,23)(H,27,28). The monoisotopic (exact) mass is 434 g/mol. The van der Waals surface area contributed by atoms with Crippen LogP contribution in [0.25, 0.3) is 0 Å². The Morgan fingerprint density at radius 1 is 0.931 bits per heavy atom. The van der Waals surface area contributed by atoms with Crippen LogP contribution in [0.15, 0.2) is 0 Å². The molecule has 0 aliphatic carbocycles. The zero-order valence-electron chi connectivity index (χ0n) is 16.9. The summed E-state index contributed by atoms with van der Waals surface area (Å²) in [5.41, 5.74) is 5.80. The van der Waals surface area contributed by atoms with E-state index in [0.29, 0.717) is 12.2 Å². The highest BCUT2D eigenvalue weighted by Crippen LogP contribution is 2.05. The third-order valence-corrected chi connectivity index (χ3v) is 4.61. The molecule has 29 heavy (non-hydrogen) atoms. The lowest BCUT2D eigenvalue weighted by atomic mass is 10.0. The topological polar surface area (TPSA) is 188 Å². The van der Waals surface area contributed by atoms with E-state index in [0.717, 1.165) is 0 Å². The first kappa shape index (κ1) is 26.7. The van der Waals surface area contributed by atoms with E-state index in [1.54, 1.807) is 13.8 Å². The van der Waals surface area contributed by atoms with E-state index >= 15 is 0 Å². The van der Waals surface area contributed by atoms with Gasteiger partial charge in [0.2, 0.25) is 17.7 Å². The van der Waals surface area contributed by atoms with Crippen molar-refractivity contribution in [1.29, 1.82) is 0 Å². The van der Waals surface area contributed by atoms with Gasteiger partial charge in [0, 0.05) is 0 Å². The fourth-order valence-electron chi connectivity index (χ4n) is 2.21. The number of carbonyl (C=O) groups excluding carboxylic acids is 3. The Balaban J connectivity index is 4.95. The van der Waals surface area contributed by atoms with Gasteiger partial charge in [-0.3, -0.25) is 19.2 Å². The van der Waals surface area contributed by atoms with Gasteiger partial charge in [-0.2, -0.15) is 11.8 Å². The second-order valence-electron chi connectivity index (χ2n) is 6.85. The van der Waals surface area contributed by atoms with Crippen molar-refractivity contribution in [3.05, 3.63) is 0 Å². The largest absolute Gasteiger partial charge is 0.481 e. The molecule has 12 heteroatoms. The minimum absolute atomic E-state index is 0.305. The van der Waals surface area contributed by atoms with Crippen LogP contribution in [0.3, 0.4) is 0 Å². The highest BCUT2D eigenvalue weighted by atomic mass is 32.2. The van der Waals surface area contributed by atoms with Crippen LogP contribution in [0, 0.1) is 5.92 Å². The Hall–Kier alpha value is -2.34. The molecule has 0 radical (unpaired) electrons. The number of aliphatic carboxylic acids is 2. The third kappa shape index (κ3) is 10.1. The quantitative estimate of drug-likeness (QED) is 0.206. The molecule has 0 fully saturated rings. The van der Waals surface area contributed by atoms with E-state index in [4.69, 9.17) is 15.9 Å². The summed E-state index contributed by atoms with van der Waals surface area (Å²) in [6, 6.07) is -4.51. The maximum Gasteiger partial charge on any atom is 0.326 e. The van der Waals surface area contributed by atoms with Crippen molar-refractivity contribution < 1.29 is 34.2 Å². The van der Waals surface area contributed by atoms with Gasteiger partial charge < -0.3 is 31.9 Å². The third-order valence-electron chi connectivity index (χ3n) is 3.96. The summed E-state index contributed by atoms with van der Waals surface area (Å²) in [6.07, 6.45) is 1.52. The molecule has 0 aliphatic rings. The van der Waals surface area contributed by atoms with Gasteiger partial charge in [0.15, 0.2) is 0 Å². The van der Waals surface area contributed by atoms with Crippen LogP contribution < -0.4 is 21.7 Å². The van der Waals surface area contributed by atoms with Gasteiger partial charge in [-0.15, -0.1) is 0 Å². The van der Waals surface area contributed by atoms with Crippen molar-refractivity contribution in [1.82, 2.24) is 16.0 Å².